The molecule has 24 heavy (non-hydrogen) atoms. The van der Waals surface area contributed by atoms with Gasteiger partial charge in [-0.1, -0.05) is 36.7 Å². The predicted octanol–water partition coefficient (Wildman–Crippen LogP) is 3.44. The Labute approximate surface area is 151 Å². The zero-order chi connectivity index (χ0) is 16.9. The molecule has 0 saturated carbocycles. The second kappa shape index (κ2) is 8.66. The molecule has 0 spiro atoms. The number of rotatable bonds is 6. The van der Waals surface area contributed by atoms with Crippen LogP contribution in [0.2, 0.25) is 5.02 Å². The summed E-state index contributed by atoms with van der Waals surface area (Å²) in [6.07, 6.45) is 5.72. The Morgan fingerprint density at radius 3 is 2.62 bits per heavy atom. The number of benzene rings is 1. The number of piperidine rings is 1. The molecule has 0 aliphatic carbocycles. The lowest BCUT2D eigenvalue weighted by atomic mass is 9.99. The highest BCUT2D eigenvalue weighted by Crippen LogP contribution is 2.25. The van der Waals surface area contributed by atoms with Crippen LogP contribution in [0.15, 0.2) is 24.3 Å². The van der Waals surface area contributed by atoms with Crippen LogP contribution in [0.5, 0.6) is 0 Å². The lowest BCUT2D eigenvalue weighted by Crippen LogP contribution is -2.44. The molecule has 0 amide bonds. The Morgan fingerprint density at radius 1 is 1.12 bits per heavy atom. The summed E-state index contributed by atoms with van der Waals surface area (Å²) in [6.45, 7) is 7.33. The number of β-amino-alcohol motifs (C(OH)–C–C–N with tert-alkyl or cyclic N) is 1. The molecule has 3 rings (SSSR count). The fraction of sp³-hybridized carbons (Fsp3) is 0.700. The zero-order valence-electron chi connectivity index (χ0n) is 14.8. The molecule has 2 fully saturated rings. The maximum atomic E-state index is 10.6. The van der Waals surface area contributed by atoms with E-state index in [1.165, 1.54) is 31.2 Å². The predicted molar refractivity (Wildman–Crippen MR) is 101 cm³/mol. The van der Waals surface area contributed by atoms with Crippen LogP contribution in [-0.4, -0.2) is 59.8 Å². The van der Waals surface area contributed by atoms with Gasteiger partial charge >= 0.3 is 0 Å². The van der Waals surface area contributed by atoms with Crippen molar-refractivity contribution in [2.45, 2.75) is 51.2 Å². The molecule has 0 bridgehead atoms. The molecule has 1 N–H and O–H groups in total. The molecule has 3 nitrogen and oxygen atoms in total. The van der Waals surface area contributed by atoms with E-state index in [1.54, 1.807) is 0 Å². The van der Waals surface area contributed by atoms with Gasteiger partial charge in [-0.25, -0.2) is 0 Å². The van der Waals surface area contributed by atoms with Gasteiger partial charge < -0.3 is 10.0 Å². The van der Waals surface area contributed by atoms with Crippen molar-refractivity contribution in [2.24, 2.45) is 5.92 Å². The Bertz CT molecular complexity index is 516. The molecule has 2 heterocycles. The summed E-state index contributed by atoms with van der Waals surface area (Å²) in [5.74, 6) is 0.844. The summed E-state index contributed by atoms with van der Waals surface area (Å²) in [6, 6.07) is 8.67. The van der Waals surface area contributed by atoms with E-state index in [1.807, 2.05) is 12.1 Å². The van der Waals surface area contributed by atoms with Crippen molar-refractivity contribution in [3.05, 3.63) is 34.9 Å². The van der Waals surface area contributed by atoms with Crippen molar-refractivity contribution >= 4 is 11.6 Å². The molecule has 2 aliphatic heterocycles. The number of nitrogens with zero attached hydrogens (tertiary/aromatic N) is 2. The fourth-order valence-corrected chi connectivity index (χ4v) is 4.37. The molecule has 1 aromatic rings. The van der Waals surface area contributed by atoms with Gasteiger partial charge in [-0.05, 0) is 69.3 Å². The van der Waals surface area contributed by atoms with Crippen LogP contribution in [0.1, 0.15) is 38.2 Å². The first-order valence-electron chi connectivity index (χ1n) is 9.49. The number of halogens is 1. The summed E-state index contributed by atoms with van der Waals surface area (Å²) < 4.78 is 0. The minimum atomic E-state index is -0.245. The van der Waals surface area contributed by atoms with E-state index in [4.69, 9.17) is 11.6 Å². The van der Waals surface area contributed by atoms with Crippen LogP contribution in [-0.2, 0) is 6.42 Å². The first-order valence-corrected chi connectivity index (χ1v) is 9.87. The smallest absolute Gasteiger partial charge is 0.0793 e. The normalized spacial score (nSPS) is 25.2. The van der Waals surface area contributed by atoms with Crippen molar-refractivity contribution in [2.75, 3.05) is 32.7 Å². The summed E-state index contributed by atoms with van der Waals surface area (Å²) in [4.78, 5) is 4.91. The van der Waals surface area contributed by atoms with Crippen LogP contribution in [0.3, 0.4) is 0 Å². The third-order valence-corrected chi connectivity index (χ3v) is 6.07. The molecule has 0 radical (unpaired) electrons. The quantitative estimate of drug-likeness (QED) is 0.851. The van der Waals surface area contributed by atoms with Crippen LogP contribution >= 0.6 is 11.6 Å². The summed E-state index contributed by atoms with van der Waals surface area (Å²) >= 11 is 6.32. The van der Waals surface area contributed by atoms with Crippen LogP contribution < -0.4 is 0 Å². The highest BCUT2D eigenvalue weighted by Gasteiger charge is 2.28. The Balaban J connectivity index is 1.49. The van der Waals surface area contributed by atoms with Crippen LogP contribution in [0.4, 0.5) is 0 Å². The maximum Gasteiger partial charge on any atom is 0.0793 e. The Hall–Kier alpha value is -0.610. The second-order valence-corrected chi connectivity index (χ2v) is 8.13. The van der Waals surface area contributed by atoms with E-state index in [9.17, 15) is 5.11 Å². The van der Waals surface area contributed by atoms with Crippen molar-refractivity contribution in [1.29, 1.82) is 0 Å². The van der Waals surface area contributed by atoms with E-state index >= 15 is 0 Å². The molecule has 0 aromatic heterocycles. The van der Waals surface area contributed by atoms with Gasteiger partial charge in [-0.3, -0.25) is 4.90 Å². The van der Waals surface area contributed by atoms with E-state index in [2.05, 4.69) is 28.9 Å². The lowest BCUT2D eigenvalue weighted by molar-refractivity contribution is 0.0577. The van der Waals surface area contributed by atoms with Gasteiger partial charge in [0.15, 0.2) is 0 Å². The highest BCUT2D eigenvalue weighted by molar-refractivity contribution is 6.31. The van der Waals surface area contributed by atoms with Crippen molar-refractivity contribution in [1.82, 2.24) is 9.80 Å². The van der Waals surface area contributed by atoms with Crippen molar-refractivity contribution < 1.29 is 5.11 Å². The average Bonchev–Trinajstić information content (AvgIpc) is 2.99. The summed E-state index contributed by atoms with van der Waals surface area (Å²) in [5.41, 5.74) is 1.23. The minimum Gasteiger partial charge on any atom is -0.390 e. The molecular formula is C20H31ClN2O. The number of aliphatic hydroxyl groups is 1. The van der Waals surface area contributed by atoms with Gasteiger partial charge in [0.25, 0.3) is 0 Å². The fourth-order valence-electron chi connectivity index (χ4n) is 4.16. The molecule has 0 unspecified atom stereocenters. The third kappa shape index (κ3) is 4.95. The molecule has 134 valence electrons. The molecule has 2 atom stereocenters. The van der Waals surface area contributed by atoms with Crippen LogP contribution in [0.25, 0.3) is 0 Å². The second-order valence-electron chi connectivity index (χ2n) is 7.72. The molecule has 4 heteroatoms. The van der Waals surface area contributed by atoms with Gasteiger partial charge in [-0.2, -0.15) is 0 Å². The molecule has 2 aliphatic rings. The van der Waals surface area contributed by atoms with Gasteiger partial charge in [0, 0.05) is 24.2 Å². The largest absolute Gasteiger partial charge is 0.390 e. The standard InChI is InChI=1S/C20H31ClN2O/c1-16-8-11-22(12-9-16)14-19(24)15-23-10-4-6-18(23)13-17-5-2-3-7-20(17)21/h2-3,5,7,16,18-19,24H,4,6,8-15H2,1H3/t18-,19+/m1/s1. The van der Waals surface area contributed by atoms with Gasteiger partial charge in [-0.15, -0.1) is 0 Å². The topological polar surface area (TPSA) is 26.7 Å². The third-order valence-electron chi connectivity index (χ3n) is 5.70. The first kappa shape index (κ1) is 18.2. The van der Waals surface area contributed by atoms with Gasteiger partial charge in [0.05, 0.1) is 6.10 Å². The highest BCUT2D eigenvalue weighted by atomic mass is 35.5. The van der Waals surface area contributed by atoms with E-state index in [-0.39, 0.29) is 6.10 Å². The van der Waals surface area contributed by atoms with Crippen molar-refractivity contribution in [3.63, 3.8) is 0 Å². The number of aliphatic hydroxyl groups excluding tert-OH is 1. The van der Waals surface area contributed by atoms with E-state index < -0.39 is 0 Å². The summed E-state index contributed by atoms with van der Waals surface area (Å²) in [5, 5.41) is 11.4. The molecular weight excluding hydrogens is 320 g/mol. The van der Waals surface area contributed by atoms with E-state index in [0.717, 1.165) is 50.1 Å². The first-order chi connectivity index (χ1) is 11.6. The minimum absolute atomic E-state index is 0.245. The lowest BCUT2D eigenvalue weighted by Gasteiger charge is -2.33. The monoisotopic (exact) mass is 350 g/mol. The SMILES string of the molecule is CC1CCN(C[C@H](O)CN2CCC[C@@H]2Cc2ccccc2Cl)CC1. The maximum absolute atomic E-state index is 10.6. The van der Waals surface area contributed by atoms with E-state index in [0.29, 0.717) is 6.04 Å². The average molecular weight is 351 g/mol. The van der Waals surface area contributed by atoms with Gasteiger partial charge in [0.2, 0.25) is 0 Å². The number of hydrogen-bond acceptors (Lipinski definition) is 3. The Morgan fingerprint density at radius 2 is 1.88 bits per heavy atom. The van der Waals surface area contributed by atoms with Crippen molar-refractivity contribution in [3.8, 4) is 0 Å². The van der Waals surface area contributed by atoms with Gasteiger partial charge in [0.1, 0.15) is 0 Å². The number of hydrogen-bond donors (Lipinski definition) is 1. The van der Waals surface area contributed by atoms with Crippen LogP contribution in [0, 0.1) is 5.92 Å². The summed E-state index contributed by atoms with van der Waals surface area (Å²) in [7, 11) is 0. The number of likely N-dealkylation sites (tertiary alicyclic amines) is 2. The molecule has 1 aromatic carbocycles. The Kier molecular flexibility index (Phi) is 6.56. The zero-order valence-corrected chi connectivity index (χ0v) is 15.6. The molecule has 2 saturated heterocycles.